The van der Waals surface area contributed by atoms with Gasteiger partial charge in [-0.3, -0.25) is 9.59 Å². The molecule has 1 aliphatic heterocycles. The number of hydrogen-bond acceptors (Lipinski definition) is 3. The molecule has 1 N–H and O–H groups in total. The number of hydrogen-bond donors (Lipinski definition) is 1. The molecule has 0 radical (unpaired) electrons. The first-order valence-corrected chi connectivity index (χ1v) is 7.95. The number of benzene rings is 1. The minimum Gasteiger partial charge on any atom is -0.465 e. The number of ether oxygens (including phenoxy) is 1. The Hall–Kier alpha value is -1.84. The maximum absolute atomic E-state index is 12.4. The third-order valence-electron chi connectivity index (χ3n) is 5.23. The van der Waals surface area contributed by atoms with E-state index in [1.165, 1.54) is 5.56 Å². The highest BCUT2D eigenvalue weighted by molar-refractivity contribution is 5.80. The molecule has 4 nitrogen and oxygen atoms in total. The van der Waals surface area contributed by atoms with Gasteiger partial charge < -0.3 is 10.1 Å². The van der Waals surface area contributed by atoms with Gasteiger partial charge in [-0.25, -0.2) is 0 Å². The van der Waals surface area contributed by atoms with Gasteiger partial charge in [0.25, 0.3) is 0 Å². The molecule has 1 amide bonds. The highest BCUT2D eigenvalue weighted by Gasteiger charge is 2.56. The summed E-state index contributed by atoms with van der Waals surface area (Å²) in [7, 11) is 0. The topological polar surface area (TPSA) is 55.4 Å². The second-order valence-corrected chi connectivity index (χ2v) is 7.08. The van der Waals surface area contributed by atoms with E-state index in [-0.39, 0.29) is 28.7 Å². The Bertz CT molecular complexity index is 575. The fourth-order valence-electron chi connectivity index (χ4n) is 3.44. The van der Waals surface area contributed by atoms with Gasteiger partial charge in [0.2, 0.25) is 5.91 Å². The summed E-state index contributed by atoms with van der Waals surface area (Å²) in [6.45, 7) is 4.76. The van der Waals surface area contributed by atoms with Crippen LogP contribution in [0.5, 0.6) is 0 Å². The van der Waals surface area contributed by atoms with E-state index in [0.29, 0.717) is 19.4 Å². The first-order chi connectivity index (χ1) is 10.4. The van der Waals surface area contributed by atoms with Crippen LogP contribution >= 0.6 is 0 Å². The summed E-state index contributed by atoms with van der Waals surface area (Å²) < 4.78 is 4.93. The Labute approximate surface area is 131 Å². The van der Waals surface area contributed by atoms with Gasteiger partial charge in [0.05, 0.1) is 13.0 Å². The van der Waals surface area contributed by atoms with Gasteiger partial charge >= 0.3 is 5.97 Å². The van der Waals surface area contributed by atoms with Crippen LogP contribution in [0.2, 0.25) is 0 Å². The summed E-state index contributed by atoms with van der Waals surface area (Å²) >= 11 is 0. The van der Waals surface area contributed by atoms with Crippen LogP contribution in [0.15, 0.2) is 30.3 Å². The lowest BCUT2D eigenvalue weighted by atomic mass is 9.75. The van der Waals surface area contributed by atoms with Crippen LogP contribution in [-0.4, -0.2) is 24.0 Å². The average molecular weight is 301 g/mol. The summed E-state index contributed by atoms with van der Waals surface area (Å²) in [5.74, 6) is -0.128. The van der Waals surface area contributed by atoms with Crippen molar-refractivity contribution in [2.45, 2.75) is 50.5 Å². The number of carbonyl (C=O) groups is 2. The number of nitrogens with one attached hydrogen (secondary N) is 1. The molecule has 0 unspecified atom stereocenters. The van der Waals surface area contributed by atoms with Crippen LogP contribution in [-0.2, 0) is 19.7 Å². The summed E-state index contributed by atoms with van der Waals surface area (Å²) in [5, 5.41) is 3.24. The molecule has 22 heavy (non-hydrogen) atoms. The lowest BCUT2D eigenvalue weighted by Gasteiger charge is -2.36. The van der Waals surface area contributed by atoms with E-state index in [1.807, 2.05) is 18.2 Å². The molecule has 2 aliphatic rings. The van der Waals surface area contributed by atoms with Crippen molar-refractivity contribution >= 4 is 11.9 Å². The highest BCUT2D eigenvalue weighted by atomic mass is 16.5. The number of cyclic esters (lactones) is 1. The van der Waals surface area contributed by atoms with Gasteiger partial charge in [-0.2, -0.15) is 0 Å². The van der Waals surface area contributed by atoms with Crippen molar-refractivity contribution in [3.63, 3.8) is 0 Å². The van der Waals surface area contributed by atoms with Crippen molar-refractivity contribution in [2.24, 2.45) is 5.92 Å². The first kappa shape index (κ1) is 15.1. The van der Waals surface area contributed by atoms with Crippen molar-refractivity contribution in [3.8, 4) is 0 Å². The first-order valence-electron chi connectivity index (χ1n) is 7.95. The van der Waals surface area contributed by atoms with E-state index in [1.54, 1.807) is 0 Å². The zero-order valence-electron chi connectivity index (χ0n) is 13.2. The van der Waals surface area contributed by atoms with Crippen LogP contribution in [0, 0.1) is 5.92 Å². The predicted molar refractivity (Wildman–Crippen MR) is 83.3 cm³/mol. The molecule has 1 aromatic carbocycles. The van der Waals surface area contributed by atoms with E-state index < -0.39 is 0 Å². The van der Waals surface area contributed by atoms with Crippen molar-refractivity contribution < 1.29 is 14.3 Å². The standard InChI is InChI=1S/C18H23NO3/c1-17(2,14-6-4-3-5-7-14)18(8-9-18)19-15(20)10-13-11-16(21)22-12-13/h3-7,13H,8-12H2,1-2H3,(H,19,20)/t13-/m1/s1. The lowest BCUT2D eigenvalue weighted by molar-refractivity contribution is -0.138. The number of amides is 1. The number of rotatable bonds is 5. The van der Waals surface area contributed by atoms with Gasteiger partial charge in [0.1, 0.15) is 0 Å². The van der Waals surface area contributed by atoms with Crippen molar-refractivity contribution in [3.05, 3.63) is 35.9 Å². The second kappa shape index (κ2) is 5.41. The molecule has 1 aromatic rings. The van der Waals surface area contributed by atoms with E-state index in [0.717, 1.165) is 12.8 Å². The smallest absolute Gasteiger partial charge is 0.306 e. The van der Waals surface area contributed by atoms with Crippen LogP contribution in [0.3, 0.4) is 0 Å². The summed E-state index contributed by atoms with van der Waals surface area (Å²) in [6, 6.07) is 10.3. The molecule has 0 spiro atoms. The molecule has 3 rings (SSSR count). The third-order valence-corrected chi connectivity index (χ3v) is 5.23. The van der Waals surface area contributed by atoms with Crippen LogP contribution in [0.1, 0.15) is 45.1 Å². The Morgan fingerprint density at radius 2 is 2.00 bits per heavy atom. The number of carbonyl (C=O) groups excluding carboxylic acids is 2. The summed E-state index contributed by atoms with van der Waals surface area (Å²) in [4.78, 5) is 23.5. The molecule has 1 atom stereocenters. The molecule has 118 valence electrons. The van der Waals surface area contributed by atoms with Crippen molar-refractivity contribution in [2.75, 3.05) is 6.61 Å². The Kier molecular flexibility index (Phi) is 3.71. The molecule has 1 aliphatic carbocycles. The van der Waals surface area contributed by atoms with Crippen molar-refractivity contribution in [1.29, 1.82) is 0 Å². The molecule has 1 saturated carbocycles. The van der Waals surface area contributed by atoms with E-state index >= 15 is 0 Å². The largest absolute Gasteiger partial charge is 0.465 e. The van der Waals surface area contributed by atoms with Gasteiger partial charge in [0.15, 0.2) is 0 Å². The van der Waals surface area contributed by atoms with Crippen LogP contribution < -0.4 is 5.32 Å². The molecule has 4 heteroatoms. The fraction of sp³-hybridized carbons (Fsp3) is 0.556. The zero-order chi connectivity index (χ0) is 15.8. The SMILES string of the molecule is CC(C)(c1ccccc1)C1(NC(=O)C[C@H]2COC(=O)C2)CC1. The predicted octanol–water partition coefficient (Wildman–Crippen LogP) is 2.57. The molecule has 0 aromatic heterocycles. The monoisotopic (exact) mass is 301 g/mol. The zero-order valence-corrected chi connectivity index (χ0v) is 13.2. The van der Waals surface area contributed by atoms with Crippen LogP contribution in [0.25, 0.3) is 0 Å². The van der Waals surface area contributed by atoms with Crippen LogP contribution in [0.4, 0.5) is 0 Å². The quantitative estimate of drug-likeness (QED) is 0.850. The Morgan fingerprint density at radius 1 is 1.32 bits per heavy atom. The Balaban J connectivity index is 1.66. The van der Waals surface area contributed by atoms with Crippen molar-refractivity contribution in [1.82, 2.24) is 5.32 Å². The van der Waals surface area contributed by atoms with Gasteiger partial charge in [-0.1, -0.05) is 44.2 Å². The van der Waals surface area contributed by atoms with Gasteiger partial charge in [-0.15, -0.1) is 0 Å². The van der Waals surface area contributed by atoms with E-state index in [2.05, 4.69) is 31.3 Å². The lowest BCUT2D eigenvalue weighted by Crippen LogP contribution is -2.50. The number of esters is 1. The normalized spacial score (nSPS) is 23.0. The molecule has 1 saturated heterocycles. The van der Waals surface area contributed by atoms with E-state index in [4.69, 9.17) is 4.74 Å². The summed E-state index contributed by atoms with van der Waals surface area (Å²) in [6.07, 6.45) is 2.74. The van der Waals surface area contributed by atoms with Gasteiger partial charge in [0, 0.05) is 23.3 Å². The average Bonchev–Trinajstić information content (AvgIpc) is 3.16. The fourth-order valence-corrected chi connectivity index (χ4v) is 3.44. The summed E-state index contributed by atoms with van der Waals surface area (Å²) in [5.41, 5.74) is 0.980. The minimum atomic E-state index is -0.191. The minimum absolute atomic E-state index is 0.0307. The second-order valence-electron chi connectivity index (χ2n) is 7.08. The highest BCUT2D eigenvalue weighted by Crippen LogP contribution is 2.51. The molecule has 0 bridgehead atoms. The van der Waals surface area contributed by atoms with E-state index in [9.17, 15) is 9.59 Å². The molecular formula is C18H23NO3. The third kappa shape index (κ3) is 2.74. The molecular weight excluding hydrogens is 278 g/mol. The maximum Gasteiger partial charge on any atom is 0.306 e. The Morgan fingerprint density at radius 3 is 2.55 bits per heavy atom. The van der Waals surface area contributed by atoms with Gasteiger partial charge in [-0.05, 0) is 18.4 Å². The molecule has 1 heterocycles. The maximum atomic E-state index is 12.4. The molecule has 2 fully saturated rings.